The number of hydrogen-bond acceptors (Lipinski definition) is 7. The van der Waals surface area contributed by atoms with Crippen LogP contribution >= 0.6 is 11.3 Å². The second kappa shape index (κ2) is 9.89. The smallest absolute Gasteiger partial charge is 0.260 e. The van der Waals surface area contributed by atoms with E-state index in [0.717, 1.165) is 34.4 Å². The second-order valence-electron chi connectivity index (χ2n) is 8.22. The quantitative estimate of drug-likeness (QED) is 0.506. The molecule has 0 aliphatic carbocycles. The Labute approximate surface area is 198 Å². The summed E-state index contributed by atoms with van der Waals surface area (Å²) in [5, 5.41) is 0.629. The molecule has 0 unspecified atom stereocenters. The molecule has 176 valence electrons. The molecule has 3 aromatic rings. The Bertz CT molecular complexity index is 1220. The highest BCUT2D eigenvalue weighted by Crippen LogP contribution is 2.34. The zero-order valence-electron chi connectivity index (χ0n) is 19.2. The number of carbonyl (C=O) groups excluding carboxylic acids is 1. The highest BCUT2D eigenvalue weighted by Gasteiger charge is 2.25. The standard InChI is InChI=1S/C24H29N3O4S2/c1-4-33(29,30)20-7-5-6-19(16-20)23(28)27(11-10-26-12-14-31-15-13-26)24-25-21-17(2)8-9-18(3)22(21)32-24/h5-9,16H,4,10-15H2,1-3H3. The Hall–Kier alpha value is -2.33. The zero-order valence-corrected chi connectivity index (χ0v) is 20.8. The van der Waals surface area contributed by atoms with Gasteiger partial charge in [0.15, 0.2) is 15.0 Å². The first-order chi connectivity index (χ1) is 15.8. The lowest BCUT2D eigenvalue weighted by molar-refractivity contribution is 0.0391. The summed E-state index contributed by atoms with van der Waals surface area (Å²) >= 11 is 1.50. The Morgan fingerprint density at radius 2 is 1.88 bits per heavy atom. The summed E-state index contributed by atoms with van der Waals surface area (Å²) in [7, 11) is -3.41. The lowest BCUT2D eigenvalue weighted by atomic mass is 10.1. The summed E-state index contributed by atoms with van der Waals surface area (Å²) in [4.78, 5) is 22.6. The molecule has 1 saturated heterocycles. The normalized spacial score (nSPS) is 15.1. The maximum atomic E-state index is 13.7. The maximum Gasteiger partial charge on any atom is 0.260 e. The van der Waals surface area contributed by atoms with Gasteiger partial charge >= 0.3 is 0 Å². The summed E-state index contributed by atoms with van der Waals surface area (Å²) in [5.41, 5.74) is 3.44. The van der Waals surface area contributed by atoms with Gasteiger partial charge in [-0.15, -0.1) is 0 Å². The fourth-order valence-electron chi connectivity index (χ4n) is 3.86. The van der Waals surface area contributed by atoms with Crippen molar-refractivity contribution in [3.05, 3.63) is 53.1 Å². The molecule has 9 heteroatoms. The number of nitrogens with zero attached hydrogens (tertiary/aromatic N) is 3. The van der Waals surface area contributed by atoms with E-state index >= 15 is 0 Å². The molecule has 2 heterocycles. The van der Waals surface area contributed by atoms with Crippen LogP contribution in [0, 0.1) is 13.8 Å². The molecule has 1 amide bonds. The molecule has 4 rings (SSSR count). The zero-order chi connectivity index (χ0) is 23.6. The van der Waals surface area contributed by atoms with Crippen LogP contribution in [0.5, 0.6) is 0 Å². The molecule has 0 saturated carbocycles. The topological polar surface area (TPSA) is 79.8 Å². The van der Waals surface area contributed by atoms with Crippen molar-refractivity contribution in [2.24, 2.45) is 0 Å². The lowest BCUT2D eigenvalue weighted by Gasteiger charge is -2.29. The third-order valence-corrected chi connectivity index (χ3v) is 8.92. The fraction of sp³-hybridized carbons (Fsp3) is 0.417. The van der Waals surface area contributed by atoms with Crippen LogP contribution < -0.4 is 4.90 Å². The van der Waals surface area contributed by atoms with Crippen molar-refractivity contribution in [2.75, 3.05) is 50.0 Å². The van der Waals surface area contributed by atoms with Crippen molar-refractivity contribution in [1.29, 1.82) is 0 Å². The molecular formula is C24H29N3O4S2. The molecule has 0 bridgehead atoms. The average molecular weight is 488 g/mol. The number of fused-ring (bicyclic) bond motifs is 1. The van der Waals surface area contributed by atoms with Gasteiger partial charge in [-0.05, 0) is 43.2 Å². The minimum absolute atomic E-state index is 0.0121. The number of carbonyl (C=O) groups is 1. The summed E-state index contributed by atoms with van der Waals surface area (Å²) in [6.07, 6.45) is 0. The van der Waals surface area contributed by atoms with E-state index in [-0.39, 0.29) is 16.6 Å². The predicted octanol–water partition coefficient (Wildman–Crippen LogP) is 3.69. The third-order valence-electron chi connectivity index (χ3n) is 5.97. The van der Waals surface area contributed by atoms with E-state index in [0.29, 0.717) is 37.0 Å². The fourth-order valence-corrected chi connectivity index (χ4v) is 5.92. The summed E-state index contributed by atoms with van der Waals surface area (Å²) in [6.45, 7) is 9.83. The van der Waals surface area contributed by atoms with Crippen LogP contribution in [0.4, 0.5) is 5.13 Å². The van der Waals surface area contributed by atoms with Gasteiger partial charge in [-0.1, -0.05) is 36.5 Å². The van der Waals surface area contributed by atoms with Crippen molar-refractivity contribution in [2.45, 2.75) is 25.7 Å². The first kappa shape index (κ1) is 23.8. The van der Waals surface area contributed by atoms with Crippen LogP contribution in [-0.4, -0.2) is 69.4 Å². The molecule has 2 aromatic carbocycles. The number of aryl methyl sites for hydroxylation is 2. The van der Waals surface area contributed by atoms with Crippen LogP contribution in [0.15, 0.2) is 41.3 Å². The SMILES string of the molecule is CCS(=O)(=O)c1cccc(C(=O)N(CCN2CCOCC2)c2nc3c(C)ccc(C)c3s2)c1. The number of hydrogen-bond donors (Lipinski definition) is 0. The van der Waals surface area contributed by atoms with Crippen molar-refractivity contribution in [1.82, 2.24) is 9.88 Å². The lowest BCUT2D eigenvalue weighted by Crippen LogP contribution is -2.43. The molecule has 0 N–H and O–H groups in total. The first-order valence-electron chi connectivity index (χ1n) is 11.1. The van der Waals surface area contributed by atoms with Crippen molar-refractivity contribution < 1.29 is 17.9 Å². The van der Waals surface area contributed by atoms with Gasteiger partial charge in [0.1, 0.15) is 0 Å². The van der Waals surface area contributed by atoms with Crippen LogP contribution in [-0.2, 0) is 14.6 Å². The Morgan fingerprint density at radius 1 is 1.15 bits per heavy atom. The van der Waals surface area contributed by atoms with Crippen LogP contribution in [0.1, 0.15) is 28.4 Å². The minimum atomic E-state index is -3.41. The molecule has 1 aromatic heterocycles. The number of aromatic nitrogens is 1. The summed E-state index contributed by atoms with van der Waals surface area (Å²) < 4.78 is 31.3. The molecule has 0 atom stereocenters. The predicted molar refractivity (Wildman–Crippen MR) is 132 cm³/mol. The van der Waals surface area contributed by atoms with Crippen LogP contribution in [0.2, 0.25) is 0 Å². The van der Waals surface area contributed by atoms with E-state index in [1.807, 2.05) is 19.9 Å². The molecular weight excluding hydrogens is 458 g/mol. The van der Waals surface area contributed by atoms with Crippen molar-refractivity contribution in [3.63, 3.8) is 0 Å². The largest absolute Gasteiger partial charge is 0.379 e. The van der Waals surface area contributed by atoms with Gasteiger partial charge in [0.2, 0.25) is 0 Å². The molecule has 1 aliphatic heterocycles. The number of ether oxygens (including phenoxy) is 1. The van der Waals surface area contributed by atoms with Crippen molar-refractivity contribution >= 4 is 42.4 Å². The number of rotatable bonds is 7. The Balaban J connectivity index is 1.71. The van der Waals surface area contributed by atoms with Gasteiger partial charge in [-0.2, -0.15) is 0 Å². The number of amides is 1. The van der Waals surface area contributed by atoms with Gasteiger partial charge in [-0.3, -0.25) is 14.6 Å². The molecule has 0 radical (unpaired) electrons. The van der Waals surface area contributed by atoms with E-state index in [2.05, 4.69) is 11.0 Å². The van der Waals surface area contributed by atoms with Gasteiger partial charge in [-0.25, -0.2) is 13.4 Å². The molecule has 1 fully saturated rings. The van der Waals surface area contributed by atoms with Gasteiger partial charge in [0.25, 0.3) is 5.91 Å². The van der Waals surface area contributed by atoms with E-state index in [1.165, 1.54) is 23.5 Å². The van der Waals surface area contributed by atoms with Gasteiger partial charge in [0.05, 0.1) is 34.1 Å². The highest BCUT2D eigenvalue weighted by molar-refractivity contribution is 7.91. The van der Waals surface area contributed by atoms with Crippen molar-refractivity contribution in [3.8, 4) is 0 Å². The molecule has 1 aliphatic rings. The molecule has 0 spiro atoms. The van der Waals surface area contributed by atoms with E-state index in [4.69, 9.17) is 9.72 Å². The van der Waals surface area contributed by atoms with E-state index in [9.17, 15) is 13.2 Å². The highest BCUT2D eigenvalue weighted by atomic mass is 32.2. The van der Waals surface area contributed by atoms with Crippen LogP contribution in [0.25, 0.3) is 10.2 Å². The number of thiazole rings is 1. The number of morpholine rings is 1. The van der Waals surface area contributed by atoms with E-state index < -0.39 is 9.84 Å². The monoisotopic (exact) mass is 487 g/mol. The first-order valence-corrected chi connectivity index (χ1v) is 13.6. The Morgan fingerprint density at radius 3 is 2.58 bits per heavy atom. The minimum Gasteiger partial charge on any atom is -0.379 e. The summed E-state index contributed by atoms with van der Waals surface area (Å²) in [5.74, 6) is -0.257. The number of benzene rings is 2. The maximum absolute atomic E-state index is 13.7. The summed E-state index contributed by atoms with van der Waals surface area (Å²) in [6, 6.07) is 10.4. The van der Waals surface area contributed by atoms with E-state index in [1.54, 1.807) is 24.0 Å². The van der Waals surface area contributed by atoms with Gasteiger partial charge < -0.3 is 4.74 Å². The van der Waals surface area contributed by atoms with Gasteiger partial charge in [0, 0.05) is 31.7 Å². The number of anilines is 1. The second-order valence-corrected chi connectivity index (χ2v) is 11.5. The Kier molecular flexibility index (Phi) is 7.13. The third kappa shape index (κ3) is 5.11. The number of sulfone groups is 1. The average Bonchev–Trinajstić information content (AvgIpc) is 3.29. The van der Waals surface area contributed by atoms with Crippen LogP contribution in [0.3, 0.4) is 0 Å². The molecule has 33 heavy (non-hydrogen) atoms. The molecule has 7 nitrogen and oxygen atoms in total.